The van der Waals surface area contributed by atoms with E-state index in [-0.39, 0.29) is 11.9 Å². The van der Waals surface area contributed by atoms with Crippen molar-refractivity contribution < 1.29 is 4.79 Å². The van der Waals surface area contributed by atoms with Crippen molar-refractivity contribution >= 4 is 40.2 Å². The van der Waals surface area contributed by atoms with Crippen LogP contribution in [0.15, 0.2) is 22.9 Å². The van der Waals surface area contributed by atoms with Gasteiger partial charge in [0.25, 0.3) is 0 Å². The lowest BCUT2D eigenvalue weighted by Gasteiger charge is -2.24. The van der Waals surface area contributed by atoms with Crippen LogP contribution in [0.2, 0.25) is 0 Å². The summed E-state index contributed by atoms with van der Waals surface area (Å²) in [6.07, 6.45) is 1.25. The highest BCUT2D eigenvalue weighted by Crippen LogP contribution is 2.16. The van der Waals surface area contributed by atoms with Crippen LogP contribution in [-0.2, 0) is 23.5 Å². The number of nitrogens with zero attached hydrogens (tertiary/aromatic N) is 2. The maximum Gasteiger partial charge on any atom is 0.229 e. The number of hydrogen-bond donors (Lipinski definition) is 0. The van der Waals surface area contributed by atoms with Crippen LogP contribution in [0.3, 0.4) is 0 Å². The quantitative estimate of drug-likeness (QED) is 0.759. The average Bonchev–Trinajstić information content (AvgIpc) is 3.09. The Morgan fingerprint density at radius 2 is 2.30 bits per heavy atom. The van der Waals surface area contributed by atoms with Gasteiger partial charge in [0, 0.05) is 29.8 Å². The average molecular weight is 329 g/mol. The highest BCUT2D eigenvalue weighted by Gasteiger charge is 2.18. The maximum atomic E-state index is 12.2. The maximum absolute atomic E-state index is 12.2. The lowest BCUT2D eigenvalue weighted by Crippen LogP contribution is -2.37. The number of thiophene rings is 1. The molecule has 3 nitrogen and oxygen atoms in total. The van der Waals surface area contributed by atoms with Crippen molar-refractivity contribution in [1.29, 1.82) is 0 Å². The van der Waals surface area contributed by atoms with Crippen LogP contribution in [0, 0.1) is 0 Å². The van der Waals surface area contributed by atoms with E-state index in [1.165, 1.54) is 16.2 Å². The summed E-state index contributed by atoms with van der Waals surface area (Å²) in [5, 5.41) is 4.80. The van der Waals surface area contributed by atoms with Gasteiger partial charge in [-0.3, -0.25) is 4.79 Å². The minimum absolute atomic E-state index is 0.101. The van der Waals surface area contributed by atoms with Gasteiger partial charge in [-0.2, -0.15) is 0 Å². The Morgan fingerprint density at radius 1 is 1.50 bits per heavy atom. The van der Waals surface area contributed by atoms with Crippen molar-refractivity contribution in [3.63, 3.8) is 0 Å². The molecule has 0 saturated carbocycles. The molecule has 20 heavy (non-hydrogen) atoms. The van der Waals surface area contributed by atoms with E-state index in [0.29, 0.717) is 12.3 Å². The number of alkyl halides is 1. The molecule has 6 heteroatoms. The van der Waals surface area contributed by atoms with Crippen LogP contribution in [0.5, 0.6) is 0 Å². The SMILES string of the molecule is CC(Cc1cccs1)N(C)C(=O)Cc1nc(CCl)cs1. The van der Waals surface area contributed by atoms with Crippen molar-refractivity contribution in [2.24, 2.45) is 0 Å². The molecular weight excluding hydrogens is 312 g/mol. The minimum atomic E-state index is 0.101. The van der Waals surface area contributed by atoms with Crippen molar-refractivity contribution in [3.05, 3.63) is 38.5 Å². The summed E-state index contributed by atoms with van der Waals surface area (Å²) in [5.41, 5.74) is 0.841. The zero-order valence-corrected chi connectivity index (χ0v) is 13.9. The minimum Gasteiger partial charge on any atom is -0.342 e. The van der Waals surface area contributed by atoms with Gasteiger partial charge < -0.3 is 4.90 Å². The monoisotopic (exact) mass is 328 g/mol. The summed E-state index contributed by atoms with van der Waals surface area (Å²) in [6, 6.07) is 4.33. The third kappa shape index (κ3) is 4.04. The molecule has 2 rings (SSSR count). The fraction of sp³-hybridized carbons (Fsp3) is 0.429. The van der Waals surface area contributed by atoms with Crippen LogP contribution in [0.25, 0.3) is 0 Å². The predicted octanol–water partition coefficient (Wildman–Crippen LogP) is 3.58. The van der Waals surface area contributed by atoms with Gasteiger partial charge >= 0.3 is 0 Å². The predicted molar refractivity (Wildman–Crippen MR) is 85.6 cm³/mol. The van der Waals surface area contributed by atoms with Crippen LogP contribution >= 0.6 is 34.3 Å². The van der Waals surface area contributed by atoms with Gasteiger partial charge in [-0.25, -0.2) is 4.98 Å². The molecule has 1 atom stereocenters. The summed E-state index contributed by atoms with van der Waals surface area (Å²) in [5.74, 6) is 0.500. The van der Waals surface area contributed by atoms with Gasteiger partial charge in [0.1, 0.15) is 5.01 Å². The van der Waals surface area contributed by atoms with E-state index in [0.717, 1.165) is 17.1 Å². The van der Waals surface area contributed by atoms with Crippen molar-refractivity contribution in [1.82, 2.24) is 9.88 Å². The number of thiazole rings is 1. The van der Waals surface area contributed by atoms with Gasteiger partial charge in [0.15, 0.2) is 0 Å². The first-order valence-electron chi connectivity index (χ1n) is 6.37. The second-order valence-electron chi connectivity index (χ2n) is 4.68. The molecule has 0 saturated heterocycles. The normalized spacial score (nSPS) is 12.3. The molecule has 0 spiro atoms. The van der Waals surface area contributed by atoms with Crippen LogP contribution < -0.4 is 0 Å². The fourth-order valence-corrected chi connectivity index (χ4v) is 3.69. The third-order valence-corrected chi connectivity index (χ3v) is 5.24. The molecule has 0 aliphatic rings. The van der Waals surface area contributed by atoms with E-state index >= 15 is 0 Å². The number of hydrogen-bond acceptors (Lipinski definition) is 4. The van der Waals surface area contributed by atoms with Gasteiger partial charge in [0.05, 0.1) is 18.0 Å². The third-order valence-electron chi connectivity index (χ3n) is 3.17. The molecule has 0 aliphatic carbocycles. The highest BCUT2D eigenvalue weighted by atomic mass is 35.5. The lowest BCUT2D eigenvalue weighted by atomic mass is 10.2. The largest absolute Gasteiger partial charge is 0.342 e. The molecule has 0 N–H and O–H groups in total. The smallest absolute Gasteiger partial charge is 0.229 e. The molecule has 0 aliphatic heterocycles. The van der Waals surface area contributed by atoms with E-state index in [4.69, 9.17) is 11.6 Å². The molecule has 0 aromatic carbocycles. The Balaban J connectivity index is 1.90. The molecule has 108 valence electrons. The van der Waals surface area contributed by atoms with Gasteiger partial charge in [-0.15, -0.1) is 34.3 Å². The van der Waals surface area contributed by atoms with Crippen LogP contribution in [0.1, 0.15) is 22.5 Å². The van der Waals surface area contributed by atoms with Gasteiger partial charge in [-0.1, -0.05) is 6.07 Å². The number of carbonyl (C=O) groups is 1. The Kier molecular flexibility index (Phi) is 5.57. The first-order chi connectivity index (χ1) is 9.60. The Morgan fingerprint density at radius 3 is 2.90 bits per heavy atom. The van der Waals surface area contributed by atoms with Gasteiger partial charge in [0.2, 0.25) is 5.91 Å². The fourth-order valence-electron chi connectivity index (χ4n) is 1.85. The lowest BCUT2D eigenvalue weighted by molar-refractivity contribution is -0.130. The molecule has 1 unspecified atom stereocenters. The summed E-state index contributed by atoms with van der Waals surface area (Å²) in [7, 11) is 1.86. The molecule has 0 fully saturated rings. The second kappa shape index (κ2) is 7.20. The summed E-state index contributed by atoms with van der Waals surface area (Å²) < 4.78 is 0. The number of rotatable bonds is 6. The number of carbonyl (C=O) groups excluding carboxylic acids is 1. The molecule has 1 amide bonds. The van der Waals surface area contributed by atoms with Gasteiger partial charge in [-0.05, 0) is 18.4 Å². The summed E-state index contributed by atoms with van der Waals surface area (Å²) in [6.45, 7) is 2.07. The molecule has 2 aromatic rings. The topological polar surface area (TPSA) is 33.2 Å². The van der Waals surface area contributed by atoms with E-state index in [2.05, 4.69) is 23.4 Å². The highest BCUT2D eigenvalue weighted by molar-refractivity contribution is 7.10. The number of amides is 1. The number of halogens is 1. The van der Waals surface area contributed by atoms with Crippen molar-refractivity contribution in [2.75, 3.05) is 7.05 Å². The molecule has 2 aromatic heterocycles. The molecule has 0 radical (unpaired) electrons. The first kappa shape index (κ1) is 15.5. The van der Waals surface area contributed by atoms with E-state index < -0.39 is 0 Å². The Hall–Kier alpha value is -0.910. The second-order valence-corrected chi connectivity index (χ2v) is 6.92. The summed E-state index contributed by atoms with van der Waals surface area (Å²) in [4.78, 5) is 19.7. The summed E-state index contributed by atoms with van der Waals surface area (Å²) >= 11 is 8.94. The molecule has 0 bridgehead atoms. The first-order valence-corrected chi connectivity index (χ1v) is 8.66. The number of likely N-dealkylation sites (N-methyl/N-ethyl adjacent to an activating group) is 1. The van der Waals surface area contributed by atoms with E-state index in [9.17, 15) is 4.79 Å². The van der Waals surface area contributed by atoms with Crippen molar-refractivity contribution in [3.8, 4) is 0 Å². The van der Waals surface area contributed by atoms with Crippen LogP contribution in [-0.4, -0.2) is 28.9 Å². The van der Waals surface area contributed by atoms with E-state index in [1.54, 1.807) is 11.3 Å². The van der Waals surface area contributed by atoms with E-state index in [1.807, 2.05) is 23.4 Å². The zero-order chi connectivity index (χ0) is 14.5. The Bertz CT molecular complexity index is 553. The number of aromatic nitrogens is 1. The standard InChI is InChI=1S/C14H17ClN2OS2/c1-10(6-12-4-3-5-19-12)17(2)14(18)7-13-16-11(8-15)9-20-13/h3-5,9-10H,6-8H2,1-2H3. The Labute approximate surface area is 132 Å². The van der Waals surface area contributed by atoms with Crippen LogP contribution in [0.4, 0.5) is 0 Å². The molecule has 2 heterocycles. The molecular formula is C14H17ClN2OS2. The van der Waals surface area contributed by atoms with Crippen molar-refractivity contribution in [2.45, 2.75) is 31.7 Å². The zero-order valence-electron chi connectivity index (χ0n) is 11.5.